The number of carbonyl (C=O) groups is 2. The van der Waals surface area contributed by atoms with Crippen LogP contribution in [0.25, 0.3) is 10.2 Å². The van der Waals surface area contributed by atoms with Crippen molar-refractivity contribution in [1.29, 1.82) is 0 Å². The Morgan fingerprint density at radius 3 is 2.71 bits per heavy atom. The molecule has 0 aliphatic carbocycles. The zero-order chi connectivity index (χ0) is 17.7. The fraction of sp³-hybridized carbons (Fsp3) is 0.471. The number of thiazole rings is 1. The van der Waals surface area contributed by atoms with Crippen molar-refractivity contribution in [1.82, 2.24) is 10.3 Å². The highest BCUT2D eigenvalue weighted by Crippen LogP contribution is 2.27. The number of hydrogen-bond acceptors (Lipinski definition) is 5. The lowest BCUT2D eigenvalue weighted by molar-refractivity contribution is -0.116. The number of benzene rings is 1. The fourth-order valence-electron chi connectivity index (χ4n) is 2.08. The predicted molar refractivity (Wildman–Crippen MR) is 96.5 cm³/mol. The molecule has 24 heavy (non-hydrogen) atoms. The summed E-state index contributed by atoms with van der Waals surface area (Å²) < 4.78 is 6.18. The molecule has 0 saturated carbocycles. The highest BCUT2D eigenvalue weighted by molar-refractivity contribution is 7.22. The Balaban J connectivity index is 1.75. The largest absolute Gasteiger partial charge is 0.444 e. The van der Waals surface area contributed by atoms with Crippen LogP contribution in [0.1, 0.15) is 39.2 Å². The molecule has 1 heterocycles. The van der Waals surface area contributed by atoms with Crippen molar-refractivity contribution in [3.05, 3.63) is 23.8 Å². The van der Waals surface area contributed by atoms with E-state index in [1.807, 2.05) is 25.1 Å². The minimum Gasteiger partial charge on any atom is -0.444 e. The molecule has 0 spiro atoms. The number of rotatable bonds is 5. The zero-order valence-corrected chi connectivity index (χ0v) is 15.3. The molecule has 2 N–H and O–H groups in total. The molecule has 0 radical (unpaired) electrons. The van der Waals surface area contributed by atoms with Gasteiger partial charge < -0.3 is 15.4 Å². The lowest BCUT2D eigenvalue weighted by Gasteiger charge is -2.19. The van der Waals surface area contributed by atoms with Crippen LogP contribution < -0.4 is 10.6 Å². The van der Waals surface area contributed by atoms with Gasteiger partial charge in [-0.25, -0.2) is 9.78 Å². The van der Waals surface area contributed by atoms with Gasteiger partial charge in [0.2, 0.25) is 5.91 Å². The van der Waals surface area contributed by atoms with E-state index in [0.717, 1.165) is 15.8 Å². The number of fused-ring (bicyclic) bond motifs is 1. The van der Waals surface area contributed by atoms with E-state index in [9.17, 15) is 9.59 Å². The second-order valence-corrected chi connectivity index (χ2v) is 7.55. The van der Waals surface area contributed by atoms with Crippen LogP contribution >= 0.6 is 11.3 Å². The van der Waals surface area contributed by atoms with E-state index in [1.165, 1.54) is 11.3 Å². The fourth-order valence-corrected chi connectivity index (χ4v) is 3.04. The van der Waals surface area contributed by atoms with Gasteiger partial charge in [0.1, 0.15) is 5.60 Å². The van der Waals surface area contributed by atoms with Gasteiger partial charge in [0, 0.05) is 13.0 Å². The smallest absolute Gasteiger partial charge is 0.407 e. The number of nitrogens with zero attached hydrogens (tertiary/aromatic N) is 1. The van der Waals surface area contributed by atoms with Crippen LogP contribution in [-0.4, -0.2) is 29.1 Å². The van der Waals surface area contributed by atoms with Gasteiger partial charge in [-0.05, 0) is 45.7 Å². The predicted octanol–water partition coefficient (Wildman–Crippen LogP) is 3.85. The van der Waals surface area contributed by atoms with Crippen LogP contribution in [-0.2, 0) is 9.53 Å². The number of amides is 2. The summed E-state index contributed by atoms with van der Waals surface area (Å²) in [7, 11) is 0. The van der Waals surface area contributed by atoms with E-state index in [4.69, 9.17) is 4.74 Å². The zero-order valence-electron chi connectivity index (χ0n) is 14.4. The van der Waals surface area contributed by atoms with Crippen molar-refractivity contribution in [2.24, 2.45) is 0 Å². The number of aryl methyl sites for hydroxylation is 1. The quantitative estimate of drug-likeness (QED) is 0.804. The van der Waals surface area contributed by atoms with Gasteiger partial charge in [0.05, 0.1) is 10.2 Å². The molecule has 0 aliphatic rings. The maximum absolute atomic E-state index is 12.0. The number of ether oxygens (including phenoxy) is 1. The normalized spacial score (nSPS) is 11.3. The van der Waals surface area contributed by atoms with Gasteiger partial charge in [0.25, 0.3) is 0 Å². The lowest BCUT2D eigenvalue weighted by atomic mass is 10.2. The first-order valence-corrected chi connectivity index (χ1v) is 8.69. The van der Waals surface area contributed by atoms with Crippen LogP contribution in [0.2, 0.25) is 0 Å². The van der Waals surface area contributed by atoms with Crippen LogP contribution in [0, 0.1) is 6.92 Å². The van der Waals surface area contributed by atoms with Gasteiger partial charge in [0.15, 0.2) is 5.13 Å². The maximum atomic E-state index is 12.0. The lowest BCUT2D eigenvalue weighted by Crippen LogP contribution is -2.33. The highest BCUT2D eigenvalue weighted by Gasteiger charge is 2.15. The average Bonchev–Trinajstić information content (AvgIpc) is 2.85. The van der Waals surface area contributed by atoms with E-state index >= 15 is 0 Å². The minimum atomic E-state index is -0.521. The number of aromatic nitrogens is 1. The Hall–Kier alpha value is -2.15. The molecule has 0 bridgehead atoms. The summed E-state index contributed by atoms with van der Waals surface area (Å²) in [6.45, 7) is 7.80. The molecule has 0 atom stereocenters. The summed E-state index contributed by atoms with van der Waals surface area (Å²) in [6.07, 6.45) is 0.379. The maximum Gasteiger partial charge on any atom is 0.407 e. The summed E-state index contributed by atoms with van der Waals surface area (Å²) in [5, 5.41) is 6.04. The molecule has 1 aromatic carbocycles. The summed E-state index contributed by atoms with van der Waals surface area (Å²) in [5.41, 5.74) is 1.49. The molecule has 0 saturated heterocycles. The first-order chi connectivity index (χ1) is 11.2. The topological polar surface area (TPSA) is 80.3 Å². The second-order valence-electron chi connectivity index (χ2n) is 6.52. The summed E-state index contributed by atoms with van der Waals surface area (Å²) in [5.74, 6) is -0.113. The van der Waals surface area contributed by atoms with Gasteiger partial charge in [-0.2, -0.15) is 0 Å². The third-order valence-electron chi connectivity index (χ3n) is 3.12. The standard InChI is InChI=1S/C17H23N3O3S/c1-11-7-5-8-12-14(11)20-15(24-12)19-13(21)9-6-10-18-16(22)23-17(2,3)4/h5,7-8H,6,9-10H2,1-4H3,(H,18,22)(H,19,20,21). The monoisotopic (exact) mass is 349 g/mol. The third-order valence-corrected chi connectivity index (χ3v) is 4.05. The minimum absolute atomic E-state index is 0.113. The van der Waals surface area contributed by atoms with Crippen LogP contribution in [0.5, 0.6) is 0 Å². The summed E-state index contributed by atoms with van der Waals surface area (Å²) >= 11 is 1.46. The van der Waals surface area contributed by atoms with E-state index in [0.29, 0.717) is 24.5 Å². The molecule has 0 aliphatic heterocycles. The SMILES string of the molecule is Cc1cccc2sc(NC(=O)CCCNC(=O)OC(C)(C)C)nc12. The summed E-state index contributed by atoms with van der Waals surface area (Å²) in [4.78, 5) is 27.9. The van der Waals surface area contributed by atoms with Gasteiger partial charge >= 0.3 is 6.09 Å². The number of hydrogen-bond donors (Lipinski definition) is 2. The molecule has 7 heteroatoms. The Kier molecular flexibility index (Phi) is 5.77. The molecular formula is C17H23N3O3S. The molecule has 0 unspecified atom stereocenters. The number of para-hydroxylation sites is 1. The van der Waals surface area contributed by atoms with E-state index in [2.05, 4.69) is 15.6 Å². The highest BCUT2D eigenvalue weighted by atomic mass is 32.1. The Morgan fingerprint density at radius 2 is 2.04 bits per heavy atom. The number of nitrogens with one attached hydrogen (secondary N) is 2. The number of carbonyl (C=O) groups excluding carboxylic acids is 2. The molecular weight excluding hydrogens is 326 g/mol. The van der Waals surface area contributed by atoms with Crippen molar-refractivity contribution < 1.29 is 14.3 Å². The molecule has 0 fully saturated rings. The molecule has 2 rings (SSSR count). The molecule has 1 aromatic heterocycles. The van der Waals surface area contributed by atoms with Crippen molar-refractivity contribution in [2.45, 2.75) is 46.1 Å². The van der Waals surface area contributed by atoms with Gasteiger partial charge in [-0.1, -0.05) is 23.5 Å². The first-order valence-electron chi connectivity index (χ1n) is 7.87. The third kappa shape index (κ3) is 5.49. The van der Waals surface area contributed by atoms with Gasteiger partial charge in [-0.15, -0.1) is 0 Å². The molecule has 2 amide bonds. The van der Waals surface area contributed by atoms with Crippen molar-refractivity contribution in [3.63, 3.8) is 0 Å². The molecule has 6 nitrogen and oxygen atoms in total. The van der Waals surface area contributed by atoms with Crippen LogP contribution in [0.3, 0.4) is 0 Å². The van der Waals surface area contributed by atoms with E-state index < -0.39 is 11.7 Å². The Labute approximate surface area is 145 Å². The summed E-state index contributed by atoms with van der Waals surface area (Å²) in [6, 6.07) is 5.96. The van der Waals surface area contributed by atoms with Gasteiger partial charge in [-0.3, -0.25) is 4.79 Å². The van der Waals surface area contributed by atoms with Crippen LogP contribution in [0.15, 0.2) is 18.2 Å². The number of alkyl carbamates (subject to hydrolysis) is 1. The number of anilines is 1. The molecule has 2 aromatic rings. The second kappa shape index (κ2) is 7.61. The van der Waals surface area contributed by atoms with Crippen molar-refractivity contribution >= 4 is 38.7 Å². The van der Waals surface area contributed by atoms with Crippen molar-refractivity contribution in [2.75, 3.05) is 11.9 Å². The van der Waals surface area contributed by atoms with E-state index in [1.54, 1.807) is 20.8 Å². The Morgan fingerprint density at radius 1 is 1.29 bits per heavy atom. The average molecular weight is 349 g/mol. The molecule has 130 valence electrons. The first kappa shape index (κ1) is 18.2. The van der Waals surface area contributed by atoms with Crippen LogP contribution in [0.4, 0.5) is 9.93 Å². The van der Waals surface area contributed by atoms with E-state index in [-0.39, 0.29) is 5.91 Å². The Bertz CT molecular complexity index is 734. The van der Waals surface area contributed by atoms with Crippen molar-refractivity contribution in [3.8, 4) is 0 Å².